The zero-order valence-electron chi connectivity index (χ0n) is 15.2. The van der Waals surface area contributed by atoms with Crippen molar-refractivity contribution in [1.82, 2.24) is 15.1 Å². The first-order valence-corrected chi connectivity index (χ1v) is 10.8. The van der Waals surface area contributed by atoms with Crippen LogP contribution < -0.4 is 5.32 Å². The molecule has 25 heavy (non-hydrogen) atoms. The number of likely N-dealkylation sites (N-methyl/N-ethyl adjacent to an activating group) is 1. The number of guanidine groups is 1. The molecule has 0 bridgehead atoms. The lowest BCUT2D eigenvalue weighted by Gasteiger charge is -2.26. The molecule has 2 aromatic heterocycles. The van der Waals surface area contributed by atoms with Crippen LogP contribution in [0.15, 0.2) is 34.0 Å². The second-order valence-electron chi connectivity index (χ2n) is 6.38. The quantitative estimate of drug-likeness (QED) is 0.594. The van der Waals surface area contributed by atoms with E-state index in [1.54, 1.807) is 4.88 Å². The van der Waals surface area contributed by atoms with Gasteiger partial charge in [0, 0.05) is 49.5 Å². The van der Waals surface area contributed by atoms with Gasteiger partial charge in [0.2, 0.25) is 0 Å². The van der Waals surface area contributed by atoms with Crippen LogP contribution in [0.3, 0.4) is 0 Å². The van der Waals surface area contributed by atoms with Crippen LogP contribution in [0.4, 0.5) is 0 Å². The zero-order chi connectivity index (χ0) is 17.5. The smallest absolute Gasteiger partial charge is 0.193 e. The summed E-state index contributed by atoms with van der Waals surface area (Å²) in [4.78, 5) is 12.6. The van der Waals surface area contributed by atoms with Gasteiger partial charge >= 0.3 is 0 Å². The fraction of sp³-hybridized carbons (Fsp3) is 0.526. The van der Waals surface area contributed by atoms with Crippen molar-refractivity contribution in [3.8, 4) is 0 Å². The highest BCUT2D eigenvalue weighted by Gasteiger charge is 2.16. The van der Waals surface area contributed by atoms with Gasteiger partial charge in [0.15, 0.2) is 5.96 Å². The van der Waals surface area contributed by atoms with Gasteiger partial charge in [-0.1, -0.05) is 6.07 Å². The van der Waals surface area contributed by atoms with Gasteiger partial charge in [-0.05, 0) is 48.2 Å². The Morgan fingerprint density at radius 2 is 2.24 bits per heavy atom. The summed E-state index contributed by atoms with van der Waals surface area (Å²) in [6.07, 6.45) is 2.27. The molecular formula is C19H28N4S2. The van der Waals surface area contributed by atoms with Gasteiger partial charge in [0.25, 0.3) is 0 Å². The Morgan fingerprint density at radius 1 is 1.32 bits per heavy atom. The van der Waals surface area contributed by atoms with Crippen LogP contribution in [-0.2, 0) is 19.4 Å². The molecule has 0 fully saturated rings. The van der Waals surface area contributed by atoms with E-state index in [2.05, 4.69) is 58.0 Å². The van der Waals surface area contributed by atoms with Gasteiger partial charge in [-0.15, -0.1) is 22.7 Å². The van der Waals surface area contributed by atoms with E-state index in [4.69, 9.17) is 4.99 Å². The van der Waals surface area contributed by atoms with Gasteiger partial charge in [0.1, 0.15) is 0 Å². The number of aliphatic imine (C=N–C) groups is 1. The Morgan fingerprint density at radius 3 is 3.04 bits per heavy atom. The molecule has 2 aromatic rings. The van der Waals surface area contributed by atoms with Crippen molar-refractivity contribution in [3.63, 3.8) is 0 Å². The van der Waals surface area contributed by atoms with E-state index in [-0.39, 0.29) is 0 Å². The van der Waals surface area contributed by atoms with Gasteiger partial charge in [-0.2, -0.15) is 0 Å². The third-order valence-electron chi connectivity index (χ3n) is 4.53. The third-order valence-corrected chi connectivity index (χ3v) is 6.49. The van der Waals surface area contributed by atoms with E-state index >= 15 is 0 Å². The normalized spacial score (nSPS) is 15.2. The van der Waals surface area contributed by atoms with Crippen LogP contribution in [0.2, 0.25) is 0 Å². The molecular weight excluding hydrogens is 348 g/mol. The van der Waals surface area contributed by atoms with Crippen LogP contribution in [0.25, 0.3) is 0 Å². The number of nitrogens with one attached hydrogen (secondary N) is 1. The number of hydrogen-bond acceptors (Lipinski definition) is 4. The predicted molar refractivity (Wildman–Crippen MR) is 110 cm³/mol. The Labute approximate surface area is 159 Å². The number of hydrogen-bond donors (Lipinski definition) is 1. The highest BCUT2D eigenvalue weighted by atomic mass is 32.1. The van der Waals surface area contributed by atoms with Gasteiger partial charge < -0.3 is 10.2 Å². The molecule has 0 unspecified atom stereocenters. The maximum Gasteiger partial charge on any atom is 0.193 e. The molecule has 136 valence electrons. The van der Waals surface area contributed by atoms with Crippen LogP contribution in [0.1, 0.15) is 22.2 Å². The van der Waals surface area contributed by atoms with Crippen molar-refractivity contribution in [3.05, 3.63) is 44.3 Å². The lowest BCUT2D eigenvalue weighted by molar-refractivity contribution is 0.263. The second-order valence-corrected chi connectivity index (χ2v) is 8.41. The number of rotatable bonds is 7. The largest absolute Gasteiger partial charge is 0.357 e. The van der Waals surface area contributed by atoms with Gasteiger partial charge in [-0.25, -0.2) is 0 Å². The molecule has 0 amide bonds. The molecule has 3 rings (SSSR count). The summed E-state index contributed by atoms with van der Waals surface area (Å²) < 4.78 is 0. The van der Waals surface area contributed by atoms with Gasteiger partial charge in [0.05, 0.1) is 6.54 Å². The summed E-state index contributed by atoms with van der Waals surface area (Å²) in [5.41, 5.74) is 1.51. The maximum absolute atomic E-state index is 4.85. The Bertz CT molecular complexity index is 663. The molecule has 3 heterocycles. The minimum absolute atomic E-state index is 0.852. The summed E-state index contributed by atoms with van der Waals surface area (Å²) in [6.45, 7) is 8.16. The summed E-state index contributed by atoms with van der Waals surface area (Å²) in [7, 11) is 2.13. The van der Waals surface area contributed by atoms with Crippen molar-refractivity contribution < 1.29 is 0 Å². The first kappa shape index (κ1) is 18.4. The monoisotopic (exact) mass is 376 g/mol. The summed E-state index contributed by atoms with van der Waals surface area (Å²) >= 11 is 3.73. The molecule has 1 aliphatic heterocycles. The average Bonchev–Trinajstić information content (AvgIpc) is 3.30. The summed E-state index contributed by atoms with van der Waals surface area (Å²) in [6, 6.07) is 6.60. The van der Waals surface area contributed by atoms with Crippen LogP contribution in [-0.4, -0.2) is 55.5 Å². The molecule has 0 saturated heterocycles. The van der Waals surface area contributed by atoms with E-state index < -0.39 is 0 Å². The molecule has 4 nitrogen and oxygen atoms in total. The van der Waals surface area contributed by atoms with Crippen molar-refractivity contribution in [1.29, 1.82) is 0 Å². The third kappa shape index (κ3) is 5.30. The zero-order valence-corrected chi connectivity index (χ0v) is 16.8. The molecule has 0 aliphatic carbocycles. The number of fused-ring (bicyclic) bond motifs is 1. The van der Waals surface area contributed by atoms with Crippen molar-refractivity contribution in [2.45, 2.75) is 26.3 Å². The minimum atomic E-state index is 0.852. The molecule has 1 aliphatic rings. The van der Waals surface area contributed by atoms with Crippen LogP contribution >= 0.6 is 22.7 Å². The average molecular weight is 377 g/mol. The standard InChI is InChI=1S/C19H28N4S2/c1-3-20-19(22(2)10-6-17-5-4-13-24-17)21-9-12-23-11-7-18-16(15-23)8-14-25-18/h4-5,8,13-14H,3,6-7,9-12,15H2,1-2H3,(H,20,21). The highest BCUT2D eigenvalue weighted by molar-refractivity contribution is 7.10. The topological polar surface area (TPSA) is 30.9 Å². The Hall–Kier alpha value is -1.37. The van der Waals surface area contributed by atoms with Crippen LogP contribution in [0, 0.1) is 0 Å². The summed E-state index contributed by atoms with van der Waals surface area (Å²) in [5.74, 6) is 1.02. The van der Waals surface area contributed by atoms with E-state index in [0.29, 0.717) is 0 Å². The predicted octanol–water partition coefficient (Wildman–Crippen LogP) is 3.31. The minimum Gasteiger partial charge on any atom is -0.357 e. The first-order valence-electron chi connectivity index (χ1n) is 9.05. The lowest BCUT2D eigenvalue weighted by Crippen LogP contribution is -2.40. The molecule has 6 heteroatoms. The van der Waals surface area contributed by atoms with E-state index in [0.717, 1.165) is 51.6 Å². The van der Waals surface area contributed by atoms with Crippen LogP contribution in [0.5, 0.6) is 0 Å². The molecule has 0 radical (unpaired) electrons. The van der Waals surface area contributed by atoms with E-state index in [9.17, 15) is 0 Å². The molecule has 0 spiro atoms. The lowest BCUT2D eigenvalue weighted by atomic mass is 10.1. The fourth-order valence-corrected chi connectivity index (χ4v) is 4.69. The maximum atomic E-state index is 4.85. The molecule has 1 N–H and O–H groups in total. The molecule has 0 aromatic carbocycles. The second kappa shape index (κ2) is 9.36. The Balaban J connectivity index is 1.48. The summed E-state index contributed by atoms with van der Waals surface area (Å²) in [5, 5.41) is 7.79. The first-order chi connectivity index (χ1) is 12.3. The van der Waals surface area contributed by atoms with E-state index in [1.807, 2.05) is 22.7 Å². The SMILES string of the molecule is CCNC(=NCCN1CCc2sccc2C1)N(C)CCc1cccs1. The van der Waals surface area contributed by atoms with E-state index in [1.165, 1.54) is 16.9 Å². The van der Waals surface area contributed by atoms with Crippen molar-refractivity contribution in [2.24, 2.45) is 4.99 Å². The van der Waals surface area contributed by atoms with Crippen molar-refractivity contribution >= 4 is 28.6 Å². The van der Waals surface area contributed by atoms with Crippen molar-refractivity contribution in [2.75, 3.05) is 39.8 Å². The number of thiophene rings is 2. The fourth-order valence-electron chi connectivity index (χ4n) is 3.10. The highest BCUT2D eigenvalue weighted by Crippen LogP contribution is 2.23. The molecule has 0 saturated carbocycles. The van der Waals surface area contributed by atoms with Gasteiger partial charge in [-0.3, -0.25) is 9.89 Å². The number of nitrogens with zero attached hydrogens (tertiary/aromatic N) is 3. The molecule has 0 atom stereocenters. The Kier molecular flexibility index (Phi) is 6.90.